The molecule has 1 rings (SSSR count). The normalized spacial score (nSPS) is 20.0. The van der Waals surface area contributed by atoms with Gasteiger partial charge in [0.2, 0.25) is 0 Å². The van der Waals surface area contributed by atoms with Crippen molar-refractivity contribution in [3.8, 4) is 0 Å². The number of hydrogen-bond acceptors (Lipinski definition) is 3. The van der Waals surface area contributed by atoms with E-state index in [9.17, 15) is 0 Å². The van der Waals surface area contributed by atoms with Crippen LogP contribution in [0.25, 0.3) is 0 Å². The van der Waals surface area contributed by atoms with Crippen molar-refractivity contribution in [1.29, 1.82) is 0 Å². The molecule has 2 atom stereocenters. The largest absolute Gasteiger partial charge is 0.316 e. The van der Waals surface area contributed by atoms with Crippen LogP contribution < -0.4 is 5.73 Å². The highest BCUT2D eigenvalue weighted by Crippen LogP contribution is 2.17. The Morgan fingerprint density at radius 2 is 1.71 bits per heavy atom. The summed E-state index contributed by atoms with van der Waals surface area (Å²) >= 11 is 0. The number of hydrogen-bond donors (Lipinski definition) is 1. The highest BCUT2D eigenvalue weighted by atomic mass is 15.3. The molecule has 0 aliphatic carbocycles. The second kappa shape index (κ2) is 11.9. The Kier molecular flexibility index (Phi) is 10.4. The van der Waals surface area contributed by atoms with E-state index in [-0.39, 0.29) is 6.17 Å². The van der Waals surface area contributed by atoms with Crippen molar-refractivity contribution in [2.24, 2.45) is 10.7 Å². The van der Waals surface area contributed by atoms with Gasteiger partial charge in [0.25, 0.3) is 0 Å². The molecule has 0 spiro atoms. The van der Waals surface area contributed by atoms with Gasteiger partial charge in [0.1, 0.15) is 6.17 Å². The summed E-state index contributed by atoms with van der Waals surface area (Å²) in [7, 11) is 0. The van der Waals surface area contributed by atoms with Gasteiger partial charge in [-0.2, -0.15) is 0 Å². The number of rotatable bonds is 13. The minimum atomic E-state index is 0.124. The third kappa shape index (κ3) is 8.37. The Balaban J connectivity index is 1.86. The van der Waals surface area contributed by atoms with Gasteiger partial charge in [-0.05, 0) is 32.6 Å². The molecule has 1 aliphatic rings. The van der Waals surface area contributed by atoms with Crippen LogP contribution in [0.3, 0.4) is 0 Å². The lowest BCUT2D eigenvalue weighted by atomic mass is 10.1. The summed E-state index contributed by atoms with van der Waals surface area (Å²) < 4.78 is 0. The predicted molar refractivity (Wildman–Crippen MR) is 93.6 cm³/mol. The highest BCUT2D eigenvalue weighted by Gasteiger charge is 2.22. The van der Waals surface area contributed by atoms with Gasteiger partial charge in [0.15, 0.2) is 0 Å². The zero-order valence-corrected chi connectivity index (χ0v) is 14.0. The van der Waals surface area contributed by atoms with E-state index >= 15 is 0 Å². The quantitative estimate of drug-likeness (QED) is 0.402. The average Bonchev–Trinajstić information content (AvgIpc) is 2.93. The van der Waals surface area contributed by atoms with Gasteiger partial charge in [-0.3, -0.25) is 9.89 Å². The van der Waals surface area contributed by atoms with Gasteiger partial charge < -0.3 is 5.73 Å². The van der Waals surface area contributed by atoms with Crippen LogP contribution in [0.2, 0.25) is 0 Å². The molecule has 3 nitrogen and oxygen atoms in total. The smallest absolute Gasteiger partial charge is 0.103 e. The van der Waals surface area contributed by atoms with Gasteiger partial charge in [0.05, 0.1) is 6.17 Å². The van der Waals surface area contributed by atoms with Crippen molar-refractivity contribution in [2.75, 3.05) is 6.54 Å². The number of allylic oxidation sites excluding steroid dienone is 1. The number of unbranched alkanes of at least 4 members (excludes halogenated alkanes) is 9. The van der Waals surface area contributed by atoms with E-state index in [1.165, 1.54) is 70.6 Å². The van der Waals surface area contributed by atoms with Crippen LogP contribution in [0.1, 0.15) is 77.6 Å². The van der Waals surface area contributed by atoms with Crippen molar-refractivity contribution in [3.05, 3.63) is 12.7 Å². The first kappa shape index (κ1) is 18.4. The van der Waals surface area contributed by atoms with E-state index < -0.39 is 0 Å². The molecular formula is C18H35N3. The molecule has 21 heavy (non-hydrogen) atoms. The minimum Gasteiger partial charge on any atom is -0.316 e. The van der Waals surface area contributed by atoms with Crippen LogP contribution in [-0.4, -0.2) is 30.0 Å². The molecule has 0 saturated carbocycles. The van der Waals surface area contributed by atoms with E-state index in [1.54, 1.807) is 0 Å². The summed E-state index contributed by atoms with van der Waals surface area (Å²) in [5.41, 5.74) is 5.96. The van der Waals surface area contributed by atoms with E-state index in [1.807, 2.05) is 12.3 Å². The maximum absolute atomic E-state index is 5.96. The summed E-state index contributed by atoms with van der Waals surface area (Å²) in [4.78, 5) is 6.82. The van der Waals surface area contributed by atoms with E-state index in [4.69, 9.17) is 5.73 Å². The first-order valence-corrected chi connectivity index (χ1v) is 8.89. The minimum absolute atomic E-state index is 0.124. The van der Waals surface area contributed by atoms with Gasteiger partial charge in [0, 0.05) is 12.8 Å². The molecular weight excluding hydrogens is 258 g/mol. The van der Waals surface area contributed by atoms with Crippen LogP contribution in [0.15, 0.2) is 17.6 Å². The lowest BCUT2D eigenvalue weighted by Crippen LogP contribution is -2.43. The molecule has 2 N–H and O–H groups in total. The molecule has 0 radical (unpaired) electrons. The molecule has 122 valence electrons. The molecule has 0 aromatic rings. The van der Waals surface area contributed by atoms with E-state index in [0.29, 0.717) is 6.17 Å². The molecule has 0 aromatic heterocycles. The van der Waals surface area contributed by atoms with Crippen molar-refractivity contribution in [1.82, 2.24) is 4.90 Å². The molecule has 3 heteroatoms. The van der Waals surface area contributed by atoms with Gasteiger partial charge in [-0.25, -0.2) is 0 Å². The molecule has 0 aromatic carbocycles. The maximum atomic E-state index is 5.96. The summed E-state index contributed by atoms with van der Waals surface area (Å²) in [5.74, 6) is 0. The lowest BCUT2D eigenvalue weighted by Gasteiger charge is -2.26. The molecule has 1 heterocycles. The molecule has 0 fully saturated rings. The van der Waals surface area contributed by atoms with Crippen LogP contribution in [0, 0.1) is 0 Å². The van der Waals surface area contributed by atoms with Gasteiger partial charge >= 0.3 is 0 Å². The molecule has 0 bridgehead atoms. The average molecular weight is 293 g/mol. The fourth-order valence-corrected chi connectivity index (χ4v) is 3.00. The van der Waals surface area contributed by atoms with Crippen LogP contribution in [0.5, 0.6) is 0 Å². The molecule has 0 saturated heterocycles. The maximum Gasteiger partial charge on any atom is 0.103 e. The number of aliphatic imine (C=N–C) groups is 1. The predicted octanol–water partition coefficient (Wildman–Crippen LogP) is 4.48. The van der Waals surface area contributed by atoms with Crippen molar-refractivity contribution < 1.29 is 0 Å². The third-order valence-corrected chi connectivity index (χ3v) is 4.35. The summed E-state index contributed by atoms with van der Waals surface area (Å²) in [6.45, 7) is 6.74. The Morgan fingerprint density at radius 3 is 2.29 bits per heavy atom. The first-order valence-electron chi connectivity index (χ1n) is 8.89. The molecule has 2 unspecified atom stereocenters. The second-order valence-electron chi connectivity index (χ2n) is 6.30. The summed E-state index contributed by atoms with van der Waals surface area (Å²) in [6.07, 6.45) is 19.2. The summed E-state index contributed by atoms with van der Waals surface area (Å²) in [5, 5.41) is 0. The summed E-state index contributed by atoms with van der Waals surface area (Å²) in [6, 6.07) is 0. The SMILES string of the molecule is C=CCCCCCCCCCCCC1N=CCN1C(C)N. The molecule has 0 amide bonds. The second-order valence-corrected chi connectivity index (χ2v) is 6.30. The van der Waals surface area contributed by atoms with Crippen LogP contribution >= 0.6 is 0 Å². The standard InChI is InChI=1S/C18H35N3/c1-3-4-5-6-7-8-9-10-11-12-13-14-18-20-15-16-21(18)17(2)19/h3,15,17-18H,1,4-14,16,19H2,2H3. The monoisotopic (exact) mass is 293 g/mol. The number of nitrogens with zero attached hydrogens (tertiary/aromatic N) is 2. The van der Waals surface area contributed by atoms with Crippen LogP contribution in [0.4, 0.5) is 0 Å². The fraction of sp³-hybridized carbons (Fsp3) is 0.833. The Hall–Kier alpha value is -0.670. The Morgan fingerprint density at radius 1 is 1.14 bits per heavy atom. The first-order chi connectivity index (χ1) is 10.3. The zero-order chi connectivity index (χ0) is 15.3. The highest BCUT2D eigenvalue weighted by molar-refractivity contribution is 5.62. The topological polar surface area (TPSA) is 41.6 Å². The van der Waals surface area contributed by atoms with E-state index in [2.05, 4.69) is 23.4 Å². The Labute approximate surface area is 131 Å². The number of nitrogens with two attached hydrogens (primary N) is 1. The Bertz CT molecular complexity index is 286. The van der Waals surface area contributed by atoms with Gasteiger partial charge in [-0.15, -0.1) is 6.58 Å². The third-order valence-electron chi connectivity index (χ3n) is 4.35. The van der Waals surface area contributed by atoms with E-state index in [0.717, 1.165) is 6.54 Å². The van der Waals surface area contributed by atoms with Crippen molar-refractivity contribution in [2.45, 2.75) is 89.9 Å². The van der Waals surface area contributed by atoms with Crippen LogP contribution in [-0.2, 0) is 0 Å². The van der Waals surface area contributed by atoms with Crippen molar-refractivity contribution in [3.63, 3.8) is 0 Å². The fourth-order valence-electron chi connectivity index (χ4n) is 3.00. The van der Waals surface area contributed by atoms with Crippen molar-refractivity contribution >= 4 is 6.21 Å². The zero-order valence-electron chi connectivity index (χ0n) is 14.0. The lowest BCUT2D eigenvalue weighted by molar-refractivity contribution is 0.182. The van der Waals surface area contributed by atoms with Gasteiger partial charge in [-0.1, -0.05) is 51.0 Å². The molecule has 1 aliphatic heterocycles.